The summed E-state index contributed by atoms with van der Waals surface area (Å²) in [5, 5.41) is 20.2. The lowest BCUT2D eigenvalue weighted by Crippen LogP contribution is -2.20. The van der Waals surface area contributed by atoms with Crippen LogP contribution in [-0.2, 0) is 4.79 Å². The van der Waals surface area contributed by atoms with Gasteiger partial charge in [-0.05, 0) is 37.6 Å². The van der Waals surface area contributed by atoms with Crippen LogP contribution in [0.15, 0.2) is 24.3 Å². The fourth-order valence-corrected chi connectivity index (χ4v) is 1.64. The number of nitrogens with one attached hydrogen (secondary N) is 1. The van der Waals surface area contributed by atoms with Crippen molar-refractivity contribution >= 4 is 5.97 Å². The molecule has 0 saturated heterocycles. The monoisotopic (exact) mass is 262 g/mol. The number of nitriles is 1. The first-order chi connectivity index (χ1) is 9.13. The quantitative estimate of drug-likeness (QED) is 0.701. The number of carboxylic acids is 1. The van der Waals surface area contributed by atoms with Crippen LogP contribution in [0.2, 0.25) is 0 Å². The van der Waals surface area contributed by atoms with Crippen molar-refractivity contribution in [3.05, 3.63) is 29.8 Å². The average Bonchev–Trinajstić information content (AvgIpc) is 2.41. The number of benzene rings is 1. The molecule has 0 radical (unpaired) electrons. The summed E-state index contributed by atoms with van der Waals surface area (Å²) in [4.78, 5) is 10.4. The molecule has 0 aliphatic rings. The van der Waals surface area contributed by atoms with Gasteiger partial charge < -0.3 is 15.2 Å². The van der Waals surface area contributed by atoms with Crippen LogP contribution in [0.4, 0.5) is 0 Å². The Hall–Kier alpha value is -2.06. The second kappa shape index (κ2) is 8.11. The van der Waals surface area contributed by atoms with Gasteiger partial charge in [0.05, 0.1) is 0 Å². The molecule has 102 valence electrons. The summed E-state index contributed by atoms with van der Waals surface area (Å²) < 4.78 is 5.17. The van der Waals surface area contributed by atoms with E-state index in [2.05, 4.69) is 5.32 Å². The van der Waals surface area contributed by atoms with Crippen molar-refractivity contribution in [3.8, 4) is 11.8 Å². The number of ether oxygens (including phenoxy) is 1. The lowest BCUT2D eigenvalue weighted by Gasteiger charge is -2.14. The average molecular weight is 262 g/mol. The Labute approximate surface area is 112 Å². The fraction of sp³-hybridized carbons (Fsp3) is 0.429. The largest absolute Gasteiger partial charge is 0.481 e. The van der Waals surface area contributed by atoms with E-state index in [-0.39, 0.29) is 19.1 Å². The second-order valence-corrected chi connectivity index (χ2v) is 4.19. The van der Waals surface area contributed by atoms with Crippen LogP contribution in [-0.4, -0.2) is 24.2 Å². The number of rotatable bonds is 8. The highest BCUT2D eigenvalue weighted by Gasteiger charge is 2.05. The third kappa shape index (κ3) is 5.89. The maximum Gasteiger partial charge on any atom is 0.303 e. The summed E-state index contributed by atoms with van der Waals surface area (Å²) in [6, 6.07) is 9.57. The molecule has 5 nitrogen and oxygen atoms in total. The van der Waals surface area contributed by atoms with Gasteiger partial charge in [-0.1, -0.05) is 12.1 Å². The third-order valence-corrected chi connectivity index (χ3v) is 2.70. The highest BCUT2D eigenvalue weighted by molar-refractivity contribution is 5.66. The smallest absolute Gasteiger partial charge is 0.303 e. The molecular weight excluding hydrogens is 244 g/mol. The maximum absolute atomic E-state index is 10.4. The van der Waals surface area contributed by atoms with E-state index in [1.807, 2.05) is 37.3 Å². The molecule has 0 aliphatic carbocycles. The summed E-state index contributed by atoms with van der Waals surface area (Å²) in [6.07, 6.45) is 0.795. The Balaban J connectivity index is 2.38. The Kier molecular flexibility index (Phi) is 6.41. The predicted octanol–water partition coefficient (Wildman–Crippen LogP) is 2.10. The molecule has 1 aromatic carbocycles. The van der Waals surface area contributed by atoms with Crippen molar-refractivity contribution in [1.82, 2.24) is 5.32 Å². The van der Waals surface area contributed by atoms with Crippen LogP contribution in [0.1, 0.15) is 31.4 Å². The van der Waals surface area contributed by atoms with E-state index < -0.39 is 5.97 Å². The van der Waals surface area contributed by atoms with Crippen molar-refractivity contribution in [2.45, 2.75) is 25.8 Å². The molecule has 2 N–H and O–H groups in total. The molecule has 0 fully saturated rings. The molecule has 0 saturated carbocycles. The van der Waals surface area contributed by atoms with Crippen LogP contribution < -0.4 is 10.1 Å². The summed E-state index contributed by atoms with van der Waals surface area (Å²) in [6.45, 7) is 2.73. The minimum Gasteiger partial charge on any atom is -0.481 e. The van der Waals surface area contributed by atoms with Gasteiger partial charge in [-0.15, -0.1) is 0 Å². The van der Waals surface area contributed by atoms with E-state index in [0.29, 0.717) is 18.7 Å². The Morgan fingerprint density at radius 1 is 1.47 bits per heavy atom. The van der Waals surface area contributed by atoms with Crippen LogP contribution in [0.3, 0.4) is 0 Å². The molecule has 0 heterocycles. The lowest BCUT2D eigenvalue weighted by molar-refractivity contribution is -0.137. The zero-order chi connectivity index (χ0) is 14.1. The molecule has 0 aromatic heterocycles. The zero-order valence-electron chi connectivity index (χ0n) is 10.9. The molecule has 1 rings (SSSR count). The van der Waals surface area contributed by atoms with Crippen molar-refractivity contribution in [1.29, 1.82) is 5.26 Å². The first-order valence-corrected chi connectivity index (χ1v) is 6.18. The van der Waals surface area contributed by atoms with Crippen molar-refractivity contribution < 1.29 is 14.6 Å². The molecule has 1 atom stereocenters. The molecule has 0 amide bonds. The molecule has 19 heavy (non-hydrogen) atoms. The maximum atomic E-state index is 10.4. The summed E-state index contributed by atoms with van der Waals surface area (Å²) >= 11 is 0. The molecular formula is C14H18N2O3. The van der Waals surface area contributed by atoms with Crippen LogP contribution in [0, 0.1) is 11.3 Å². The standard InChI is InChI=1S/C14H18N2O3/c1-11(16-9-2-3-14(17)18)12-4-6-13(7-5-12)19-10-8-15/h4-7,11,16H,2-3,9-10H2,1H3,(H,17,18). The van der Waals surface area contributed by atoms with Gasteiger partial charge in [0, 0.05) is 12.5 Å². The van der Waals surface area contributed by atoms with E-state index in [0.717, 1.165) is 5.56 Å². The fourth-order valence-electron chi connectivity index (χ4n) is 1.64. The van der Waals surface area contributed by atoms with E-state index in [9.17, 15) is 4.79 Å². The molecule has 5 heteroatoms. The topological polar surface area (TPSA) is 82.3 Å². The SMILES string of the molecule is CC(NCCCC(=O)O)c1ccc(OCC#N)cc1. The normalized spacial score (nSPS) is 11.6. The third-order valence-electron chi connectivity index (χ3n) is 2.70. The van der Waals surface area contributed by atoms with Gasteiger partial charge in [0.2, 0.25) is 0 Å². The summed E-state index contributed by atoms with van der Waals surface area (Å²) in [5.41, 5.74) is 1.10. The first-order valence-electron chi connectivity index (χ1n) is 6.18. The van der Waals surface area contributed by atoms with Crippen LogP contribution >= 0.6 is 0 Å². The van der Waals surface area contributed by atoms with Gasteiger partial charge in [0.15, 0.2) is 6.61 Å². The van der Waals surface area contributed by atoms with E-state index in [1.165, 1.54) is 0 Å². The number of carbonyl (C=O) groups is 1. The number of nitrogens with zero attached hydrogens (tertiary/aromatic N) is 1. The Bertz CT molecular complexity index is 437. The van der Waals surface area contributed by atoms with E-state index in [1.54, 1.807) is 0 Å². The number of hydrogen-bond donors (Lipinski definition) is 2. The predicted molar refractivity (Wildman–Crippen MR) is 70.8 cm³/mol. The van der Waals surface area contributed by atoms with Gasteiger partial charge in [-0.25, -0.2) is 0 Å². The Morgan fingerprint density at radius 2 is 2.16 bits per heavy atom. The first kappa shape index (κ1) is 15.0. The van der Waals surface area contributed by atoms with Gasteiger partial charge in [-0.2, -0.15) is 5.26 Å². The highest BCUT2D eigenvalue weighted by atomic mass is 16.5. The second-order valence-electron chi connectivity index (χ2n) is 4.19. The Morgan fingerprint density at radius 3 is 2.74 bits per heavy atom. The van der Waals surface area contributed by atoms with Gasteiger partial charge in [0.1, 0.15) is 11.8 Å². The van der Waals surface area contributed by atoms with Gasteiger partial charge in [-0.3, -0.25) is 4.79 Å². The minimum atomic E-state index is -0.770. The van der Waals surface area contributed by atoms with Gasteiger partial charge in [0.25, 0.3) is 0 Å². The van der Waals surface area contributed by atoms with Crippen molar-refractivity contribution in [2.75, 3.05) is 13.2 Å². The van der Waals surface area contributed by atoms with Crippen LogP contribution in [0.25, 0.3) is 0 Å². The number of hydrogen-bond acceptors (Lipinski definition) is 4. The van der Waals surface area contributed by atoms with E-state index >= 15 is 0 Å². The zero-order valence-corrected chi connectivity index (χ0v) is 10.9. The lowest BCUT2D eigenvalue weighted by atomic mass is 10.1. The van der Waals surface area contributed by atoms with Gasteiger partial charge >= 0.3 is 5.97 Å². The van der Waals surface area contributed by atoms with Crippen molar-refractivity contribution in [3.63, 3.8) is 0 Å². The number of aliphatic carboxylic acids is 1. The molecule has 0 spiro atoms. The van der Waals surface area contributed by atoms with Crippen LogP contribution in [0.5, 0.6) is 5.75 Å². The molecule has 0 aliphatic heterocycles. The molecule has 1 unspecified atom stereocenters. The minimum absolute atomic E-state index is 0.0440. The summed E-state index contributed by atoms with van der Waals surface area (Å²) in [7, 11) is 0. The summed E-state index contributed by atoms with van der Waals surface area (Å²) in [5.74, 6) is -0.100. The molecule has 1 aromatic rings. The molecule has 0 bridgehead atoms. The number of carboxylic acid groups (broad SMARTS) is 1. The van der Waals surface area contributed by atoms with Crippen molar-refractivity contribution in [2.24, 2.45) is 0 Å². The highest BCUT2D eigenvalue weighted by Crippen LogP contribution is 2.17. The van der Waals surface area contributed by atoms with E-state index in [4.69, 9.17) is 15.1 Å².